The molecule has 5 nitrogen and oxygen atoms in total. The molecule has 2 rings (SSSR count). The van der Waals surface area contributed by atoms with Crippen molar-refractivity contribution in [2.75, 3.05) is 13.1 Å². The fourth-order valence-corrected chi connectivity index (χ4v) is 2.84. The number of primary amides is 1. The number of nitrogens with one attached hydrogen (secondary N) is 2. The average molecular weight is 312 g/mol. The van der Waals surface area contributed by atoms with Crippen LogP contribution in [0.2, 0.25) is 0 Å². The Morgan fingerprint density at radius 2 is 1.90 bits per heavy atom. The number of hydrogen-bond donors (Lipinski definition) is 3. The first-order valence-electron chi connectivity index (χ1n) is 6.54. The molecule has 0 aromatic rings. The molecule has 2 fully saturated rings. The van der Waals surface area contributed by atoms with E-state index in [1.165, 1.54) is 0 Å². The maximum absolute atomic E-state index is 13.0. The van der Waals surface area contributed by atoms with Crippen LogP contribution in [-0.4, -0.2) is 36.9 Å². The van der Waals surface area contributed by atoms with Crippen LogP contribution in [-0.2, 0) is 9.59 Å². The third-order valence-corrected chi connectivity index (χ3v) is 4.11. The van der Waals surface area contributed by atoms with Gasteiger partial charge in [-0.1, -0.05) is 12.8 Å². The highest BCUT2D eigenvalue weighted by Gasteiger charge is 2.44. The quantitative estimate of drug-likeness (QED) is 0.709. The van der Waals surface area contributed by atoms with Gasteiger partial charge in [-0.15, -0.1) is 12.4 Å². The Hall–Kier alpha value is -0.950. The molecule has 1 saturated carbocycles. The van der Waals surface area contributed by atoms with E-state index in [0.29, 0.717) is 12.8 Å². The van der Waals surface area contributed by atoms with Crippen LogP contribution >= 0.6 is 12.4 Å². The number of alkyl halides is 2. The lowest BCUT2D eigenvalue weighted by molar-refractivity contribution is -0.129. The van der Waals surface area contributed by atoms with Gasteiger partial charge in [-0.2, -0.15) is 0 Å². The van der Waals surface area contributed by atoms with Crippen LogP contribution in [0.15, 0.2) is 0 Å². The topological polar surface area (TPSA) is 84.2 Å². The van der Waals surface area contributed by atoms with Crippen molar-refractivity contribution in [3.63, 3.8) is 0 Å². The summed E-state index contributed by atoms with van der Waals surface area (Å²) in [7, 11) is 0. The van der Waals surface area contributed by atoms with Gasteiger partial charge in [-0.25, -0.2) is 8.78 Å². The second-order valence-electron chi connectivity index (χ2n) is 5.56. The molecule has 1 aliphatic carbocycles. The number of hydrogen-bond acceptors (Lipinski definition) is 3. The van der Waals surface area contributed by atoms with Crippen molar-refractivity contribution < 1.29 is 18.4 Å². The molecule has 0 aromatic carbocycles. The molecule has 2 aliphatic rings. The molecular formula is C12H20ClF2N3O2. The number of amides is 2. The minimum atomic E-state index is -2.84. The monoisotopic (exact) mass is 311 g/mol. The van der Waals surface area contributed by atoms with Crippen molar-refractivity contribution in [1.29, 1.82) is 0 Å². The molecule has 0 spiro atoms. The smallest absolute Gasteiger partial charge is 0.262 e. The summed E-state index contributed by atoms with van der Waals surface area (Å²) in [4.78, 5) is 23.3. The summed E-state index contributed by atoms with van der Waals surface area (Å²) in [5.41, 5.74) is 4.69. The Kier molecular flexibility index (Phi) is 5.32. The minimum Gasteiger partial charge on any atom is -0.369 e. The van der Waals surface area contributed by atoms with Gasteiger partial charge >= 0.3 is 0 Å². The summed E-state index contributed by atoms with van der Waals surface area (Å²) in [5.74, 6) is -3.74. The van der Waals surface area contributed by atoms with E-state index >= 15 is 0 Å². The van der Waals surface area contributed by atoms with Gasteiger partial charge in [-0.05, 0) is 12.8 Å². The molecule has 116 valence electrons. The van der Waals surface area contributed by atoms with Gasteiger partial charge in [0.25, 0.3) is 5.92 Å². The van der Waals surface area contributed by atoms with E-state index in [0.717, 1.165) is 12.8 Å². The Bertz CT molecular complexity index is 387. The molecule has 1 heterocycles. The Labute approximate surface area is 122 Å². The first kappa shape index (κ1) is 17.1. The first-order valence-corrected chi connectivity index (χ1v) is 6.54. The zero-order chi connectivity index (χ0) is 14.1. The van der Waals surface area contributed by atoms with Gasteiger partial charge in [0.05, 0.1) is 18.0 Å². The van der Waals surface area contributed by atoms with Crippen LogP contribution in [0.3, 0.4) is 0 Å². The Morgan fingerprint density at radius 3 is 2.35 bits per heavy atom. The molecule has 1 saturated heterocycles. The van der Waals surface area contributed by atoms with Crippen molar-refractivity contribution in [1.82, 2.24) is 10.6 Å². The third kappa shape index (κ3) is 3.58. The highest BCUT2D eigenvalue weighted by Crippen LogP contribution is 2.37. The molecule has 8 heteroatoms. The maximum Gasteiger partial charge on any atom is 0.262 e. The van der Waals surface area contributed by atoms with Gasteiger partial charge in [0.15, 0.2) is 0 Å². The molecule has 1 aliphatic heterocycles. The number of nitrogens with two attached hydrogens (primary N) is 1. The lowest BCUT2D eigenvalue weighted by Gasteiger charge is -2.26. The molecule has 0 bridgehead atoms. The molecule has 1 atom stereocenters. The SMILES string of the molecule is Cl.NC(=O)C1(CNC(=O)C2CC(F)(F)CN2)CCCC1. The van der Waals surface area contributed by atoms with E-state index in [-0.39, 0.29) is 19.0 Å². The van der Waals surface area contributed by atoms with E-state index in [4.69, 9.17) is 5.73 Å². The van der Waals surface area contributed by atoms with Crippen molar-refractivity contribution in [3.8, 4) is 0 Å². The van der Waals surface area contributed by atoms with Crippen LogP contribution < -0.4 is 16.4 Å². The van der Waals surface area contributed by atoms with E-state index in [2.05, 4.69) is 10.6 Å². The zero-order valence-corrected chi connectivity index (χ0v) is 11.9. The number of carbonyl (C=O) groups excluding carboxylic acids is 2. The summed E-state index contributed by atoms with van der Waals surface area (Å²) >= 11 is 0. The molecule has 4 N–H and O–H groups in total. The maximum atomic E-state index is 13.0. The van der Waals surface area contributed by atoms with Crippen molar-refractivity contribution in [2.45, 2.75) is 44.1 Å². The zero-order valence-electron chi connectivity index (χ0n) is 11.1. The molecule has 0 radical (unpaired) electrons. The van der Waals surface area contributed by atoms with Gasteiger partial charge in [0.1, 0.15) is 0 Å². The largest absolute Gasteiger partial charge is 0.369 e. The number of carbonyl (C=O) groups is 2. The lowest BCUT2D eigenvalue weighted by atomic mass is 9.85. The second kappa shape index (κ2) is 6.22. The van der Waals surface area contributed by atoms with Gasteiger partial charge in [0.2, 0.25) is 11.8 Å². The molecule has 0 aromatic heterocycles. The van der Waals surface area contributed by atoms with E-state index in [1.54, 1.807) is 0 Å². The average Bonchev–Trinajstić information content (AvgIpc) is 2.93. The van der Waals surface area contributed by atoms with Crippen LogP contribution in [0.25, 0.3) is 0 Å². The van der Waals surface area contributed by atoms with Crippen LogP contribution in [0.5, 0.6) is 0 Å². The van der Waals surface area contributed by atoms with E-state index in [1.807, 2.05) is 0 Å². The fraction of sp³-hybridized carbons (Fsp3) is 0.833. The van der Waals surface area contributed by atoms with Gasteiger partial charge in [0, 0.05) is 13.0 Å². The molecule has 20 heavy (non-hydrogen) atoms. The molecular weight excluding hydrogens is 292 g/mol. The van der Waals surface area contributed by atoms with Crippen molar-refractivity contribution in [2.24, 2.45) is 11.1 Å². The van der Waals surface area contributed by atoms with Crippen LogP contribution in [0.4, 0.5) is 8.78 Å². The highest BCUT2D eigenvalue weighted by atomic mass is 35.5. The summed E-state index contributed by atoms with van der Waals surface area (Å²) < 4.78 is 26.0. The highest BCUT2D eigenvalue weighted by molar-refractivity contribution is 5.85. The van der Waals surface area contributed by atoms with Crippen molar-refractivity contribution in [3.05, 3.63) is 0 Å². The predicted octanol–water partition coefficient (Wildman–Crippen LogP) is 0.567. The van der Waals surface area contributed by atoms with Crippen LogP contribution in [0.1, 0.15) is 32.1 Å². The van der Waals surface area contributed by atoms with E-state index < -0.39 is 42.2 Å². The van der Waals surface area contributed by atoms with Gasteiger partial charge in [-0.3, -0.25) is 14.9 Å². The second-order valence-corrected chi connectivity index (χ2v) is 5.56. The first-order chi connectivity index (χ1) is 8.85. The van der Waals surface area contributed by atoms with Crippen molar-refractivity contribution >= 4 is 24.2 Å². The van der Waals surface area contributed by atoms with Crippen LogP contribution in [0, 0.1) is 5.41 Å². The van der Waals surface area contributed by atoms with E-state index in [9.17, 15) is 18.4 Å². The third-order valence-electron chi connectivity index (χ3n) is 4.11. The number of rotatable bonds is 4. The summed E-state index contributed by atoms with van der Waals surface area (Å²) in [5, 5.41) is 5.08. The normalized spacial score (nSPS) is 26.8. The molecule has 2 amide bonds. The number of halogens is 3. The minimum absolute atomic E-state index is 0. The lowest BCUT2D eigenvalue weighted by Crippen LogP contribution is -2.48. The summed E-state index contributed by atoms with van der Waals surface area (Å²) in [6.07, 6.45) is 2.60. The molecule has 1 unspecified atom stereocenters. The Balaban J connectivity index is 0.00000200. The Morgan fingerprint density at radius 1 is 1.30 bits per heavy atom. The fourth-order valence-electron chi connectivity index (χ4n) is 2.84. The summed E-state index contributed by atoms with van der Waals surface area (Å²) in [6.45, 7) is -0.336. The standard InChI is InChI=1S/C12H19F2N3O2.ClH/c13-12(14)5-8(16-7-12)9(18)17-6-11(10(15)19)3-1-2-4-11;/h8,16H,1-7H2,(H2,15,19)(H,17,18);1H. The predicted molar refractivity (Wildman–Crippen MR) is 71.7 cm³/mol. The van der Waals surface area contributed by atoms with Gasteiger partial charge < -0.3 is 11.1 Å². The summed E-state index contributed by atoms with van der Waals surface area (Å²) in [6, 6.07) is -0.888.